The van der Waals surface area contributed by atoms with Crippen molar-refractivity contribution in [2.45, 2.75) is 19.0 Å². The number of guanidine groups is 1. The molecule has 0 aliphatic carbocycles. The van der Waals surface area contributed by atoms with Crippen LogP contribution in [0.2, 0.25) is 0 Å². The van der Waals surface area contributed by atoms with Gasteiger partial charge in [0, 0.05) is 45.6 Å². The molecule has 0 aliphatic heterocycles. The van der Waals surface area contributed by atoms with Gasteiger partial charge < -0.3 is 19.7 Å². The fourth-order valence-corrected chi connectivity index (χ4v) is 2.90. The van der Waals surface area contributed by atoms with Gasteiger partial charge in [0.15, 0.2) is 5.96 Å². The molecule has 0 saturated heterocycles. The highest BCUT2D eigenvalue weighted by atomic mass is 15.3. The van der Waals surface area contributed by atoms with Crippen molar-refractivity contribution >= 4 is 5.96 Å². The van der Waals surface area contributed by atoms with E-state index in [1.165, 1.54) is 11.3 Å². The van der Waals surface area contributed by atoms with Gasteiger partial charge in [0.2, 0.25) is 0 Å². The number of likely N-dealkylation sites (N-methyl/N-ethyl adjacent to an activating group) is 1. The minimum atomic E-state index is 0.405. The van der Waals surface area contributed by atoms with E-state index in [1.807, 2.05) is 7.05 Å². The van der Waals surface area contributed by atoms with Crippen LogP contribution in [-0.2, 0) is 20.0 Å². The summed E-state index contributed by atoms with van der Waals surface area (Å²) in [5.41, 5.74) is 2.62. The SMILES string of the molecule is CN=C(NCC(Cc1ccccc1)N(C)C)N(C)Cc1cccn1C. The lowest BCUT2D eigenvalue weighted by Crippen LogP contribution is -2.46. The second-order valence-electron chi connectivity index (χ2n) is 6.70. The third-order valence-corrected chi connectivity index (χ3v) is 4.56. The molecule has 1 unspecified atom stereocenters. The molecule has 2 rings (SSSR count). The Morgan fingerprint density at radius 1 is 1.12 bits per heavy atom. The van der Waals surface area contributed by atoms with Gasteiger partial charge in [-0.2, -0.15) is 0 Å². The third-order valence-electron chi connectivity index (χ3n) is 4.56. The van der Waals surface area contributed by atoms with Crippen molar-refractivity contribution in [3.05, 3.63) is 59.9 Å². The van der Waals surface area contributed by atoms with Crippen molar-refractivity contribution in [3.63, 3.8) is 0 Å². The summed E-state index contributed by atoms with van der Waals surface area (Å²) in [6.07, 6.45) is 3.08. The van der Waals surface area contributed by atoms with Gasteiger partial charge in [-0.15, -0.1) is 0 Å². The number of benzene rings is 1. The highest BCUT2D eigenvalue weighted by molar-refractivity contribution is 5.79. The van der Waals surface area contributed by atoms with Crippen LogP contribution in [0.5, 0.6) is 0 Å². The lowest BCUT2D eigenvalue weighted by molar-refractivity contribution is 0.287. The minimum Gasteiger partial charge on any atom is -0.355 e. The first kappa shape index (κ1) is 19.1. The largest absolute Gasteiger partial charge is 0.355 e. The van der Waals surface area contributed by atoms with E-state index in [2.05, 4.69) is 102 Å². The van der Waals surface area contributed by atoms with Gasteiger partial charge in [0.05, 0.1) is 6.54 Å². The number of nitrogens with one attached hydrogen (secondary N) is 1. The summed E-state index contributed by atoms with van der Waals surface area (Å²) in [5, 5.41) is 3.53. The highest BCUT2D eigenvalue weighted by Crippen LogP contribution is 2.07. The summed E-state index contributed by atoms with van der Waals surface area (Å²) in [7, 11) is 10.2. The maximum Gasteiger partial charge on any atom is 0.193 e. The highest BCUT2D eigenvalue weighted by Gasteiger charge is 2.15. The summed E-state index contributed by atoms with van der Waals surface area (Å²) >= 11 is 0. The molecular weight excluding hydrogens is 310 g/mol. The summed E-state index contributed by atoms with van der Waals surface area (Å²) < 4.78 is 2.14. The Morgan fingerprint density at radius 2 is 1.84 bits per heavy atom. The first-order valence-electron chi connectivity index (χ1n) is 8.73. The van der Waals surface area contributed by atoms with Crippen LogP contribution < -0.4 is 5.32 Å². The molecule has 1 aromatic carbocycles. The average Bonchev–Trinajstić information content (AvgIpc) is 3.00. The Bertz CT molecular complexity index is 660. The third kappa shape index (κ3) is 5.64. The fraction of sp³-hybridized carbons (Fsp3) is 0.450. The molecule has 1 heterocycles. The summed E-state index contributed by atoms with van der Waals surface area (Å²) in [4.78, 5) is 8.87. The topological polar surface area (TPSA) is 35.8 Å². The molecule has 1 aromatic heterocycles. The second kappa shape index (κ2) is 9.28. The molecule has 1 N–H and O–H groups in total. The lowest BCUT2D eigenvalue weighted by Gasteiger charge is -2.28. The number of aromatic nitrogens is 1. The molecular formula is C20H31N5. The maximum absolute atomic E-state index is 4.44. The van der Waals surface area contributed by atoms with Crippen LogP contribution in [0.4, 0.5) is 0 Å². The van der Waals surface area contributed by atoms with Gasteiger partial charge in [0.25, 0.3) is 0 Å². The molecule has 5 heteroatoms. The number of hydrogen-bond donors (Lipinski definition) is 1. The number of nitrogens with zero attached hydrogens (tertiary/aromatic N) is 4. The van der Waals surface area contributed by atoms with Crippen molar-refractivity contribution in [2.24, 2.45) is 12.0 Å². The van der Waals surface area contributed by atoms with E-state index in [0.29, 0.717) is 6.04 Å². The standard InChI is InChI=1S/C20H31N5/c1-21-20(25(5)16-18-12-9-13-24(18)4)22-15-19(23(2)3)14-17-10-7-6-8-11-17/h6-13,19H,14-16H2,1-5H3,(H,21,22). The van der Waals surface area contributed by atoms with Crippen LogP contribution in [0.1, 0.15) is 11.3 Å². The van der Waals surface area contributed by atoms with E-state index in [4.69, 9.17) is 0 Å². The summed E-state index contributed by atoms with van der Waals surface area (Å²) in [5.74, 6) is 0.918. The van der Waals surface area contributed by atoms with Gasteiger partial charge >= 0.3 is 0 Å². The van der Waals surface area contributed by atoms with Crippen molar-refractivity contribution in [1.29, 1.82) is 0 Å². The molecule has 0 spiro atoms. The number of aryl methyl sites for hydroxylation is 1. The van der Waals surface area contributed by atoms with E-state index in [-0.39, 0.29) is 0 Å². The van der Waals surface area contributed by atoms with Crippen LogP contribution in [0.15, 0.2) is 53.7 Å². The molecule has 0 aliphatic rings. The molecule has 0 saturated carbocycles. The van der Waals surface area contributed by atoms with Crippen LogP contribution in [-0.4, -0.2) is 61.1 Å². The van der Waals surface area contributed by atoms with Crippen LogP contribution in [0, 0.1) is 0 Å². The van der Waals surface area contributed by atoms with E-state index in [9.17, 15) is 0 Å². The molecule has 1 atom stereocenters. The van der Waals surface area contributed by atoms with Crippen LogP contribution >= 0.6 is 0 Å². The van der Waals surface area contributed by atoms with Gasteiger partial charge in [0.1, 0.15) is 0 Å². The molecule has 0 bridgehead atoms. The first-order chi connectivity index (χ1) is 12.0. The second-order valence-corrected chi connectivity index (χ2v) is 6.70. The van der Waals surface area contributed by atoms with E-state index in [1.54, 1.807) is 0 Å². The Kier molecular flexibility index (Phi) is 7.07. The molecule has 0 amide bonds. The lowest BCUT2D eigenvalue weighted by atomic mass is 10.1. The molecule has 5 nitrogen and oxygen atoms in total. The van der Waals surface area contributed by atoms with Crippen LogP contribution in [0.3, 0.4) is 0 Å². The van der Waals surface area contributed by atoms with Gasteiger partial charge in [-0.1, -0.05) is 30.3 Å². The Labute approximate surface area is 152 Å². The predicted molar refractivity (Wildman–Crippen MR) is 106 cm³/mol. The normalized spacial score (nSPS) is 13.1. The number of hydrogen-bond acceptors (Lipinski definition) is 2. The summed E-state index contributed by atoms with van der Waals surface area (Å²) in [6, 6.07) is 15.3. The zero-order chi connectivity index (χ0) is 18.2. The number of aliphatic imine (C=N–C) groups is 1. The van der Waals surface area contributed by atoms with E-state index >= 15 is 0 Å². The molecule has 2 aromatic rings. The van der Waals surface area contributed by atoms with Crippen molar-refractivity contribution in [2.75, 3.05) is 34.7 Å². The monoisotopic (exact) mass is 341 g/mol. The van der Waals surface area contributed by atoms with Crippen molar-refractivity contribution in [1.82, 2.24) is 19.7 Å². The maximum atomic E-state index is 4.44. The smallest absolute Gasteiger partial charge is 0.193 e. The Hall–Kier alpha value is -2.27. The molecule has 136 valence electrons. The molecule has 0 fully saturated rings. The average molecular weight is 342 g/mol. The van der Waals surface area contributed by atoms with E-state index < -0.39 is 0 Å². The zero-order valence-electron chi connectivity index (χ0n) is 16.1. The number of rotatable bonds is 7. The zero-order valence-corrected chi connectivity index (χ0v) is 16.1. The minimum absolute atomic E-state index is 0.405. The van der Waals surface area contributed by atoms with Crippen molar-refractivity contribution < 1.29 is 0 Å². The fourth-order valence-electron chi connectivity index (χ4n) is 2.90. The first-order valence-corrected chi connectivity index (χ1v) is 8.73. The van der Waals surface area contributed by atoms with Gasteiger partial charge in [-0.25, -0.2) is 0 Å². The predicted octanol–water partition coefficient (Wildman–Crippen LogP) is 2.21. The summed E-state index contributed by atoms with van der Waals surface area (Å²) in [6.45, 7) is 1.68. The Morgan fingerprint density at radius 3 is 2.40 bits per heavy atom. The van der Waals surface area contributed by atoms with Crippen molar-refractivity contribution in [3.8, 4) is 0 Å². The molecule has 0 radical (unpaired) electrons. The Balaban J connectivity index is 1.94. The van der Waals surface area contributed by atoms with E-state index in [0.717, 1.165) is 25.5 Å². The van der Waals surface area contributed by atoms with Gasteiger partial charge in [-0.3, -0.25) is 4.99 Å². The van der Waals surface area contributed by atoms with Gasteiger partial charge in [-0.05, 0) is 38.2 Å². The molecule has 25 heavy (non-hydrogen) atoms. The quantitative estimate of drug-likeness (QED) is 0.619. The van der Waals surface area contributed by atoms with Crippen LogP contribution in [0.25, 0.3) is 0 Å².